The van der Waals surface area contributed by atoms with E-state index in [1.165, 1.54) is 11.3 Å². The Morgan fingerprint density at radius 3 is 2.74 bits per heavy atom. The van der Waals surface area contributed by atoms with E-state index in [2.05, 4.69) is 15.6 Å². The van der Waals surface area contributed by atoms with Crippen molar-refractivity contribution in [1.82, 2.24) is 15.6 Å². The van der Waals surface area contributed by atoms with Crippen molar-refractivity contribution in [2.75, 3.05) is 6.54 Å². The molecule has 0 saturated carbocycles. The number of carboxylic acids is 1. The van der Waals surface area contributed by atoms with E-state index in [4.69, 9.17) is 5.11 Å². The molecule has 0 aliphatic carbocycles. The van der Waals surface area contributed by atoms with Crippen LogP contribution in [-0.4, -0.2) is 34.7 Å². The van der Waals surface area contributed by atoms with Crippen LogP contribution in [0.25, 0.3) is 0 Å². The zero-order valence-electron chi connectivity index (χ0n) is 11.0. The molecule has 0 radical (unpaired) electrons. The molecule has 0 bridgehead atoms. The molecule has 106 valence electrons. The zero-order valence-corrected chi connectivity index (χ0v) is 11.9. The molecule has 1 heterocycles. The fraction of sp³-hybridized carbons (Fsp3) is 0.583. The fourth-order valence-corrected chi connectivity index (χ4v) is 2.16. The van der Waals surface area contributed by atoms with Crippen molar-refractivity contribution in [2.45, 2.75) is 32.7 Å². The number of carbonyl (C=O) groups is 2. The number of rotatable bonds is 7. The van der Waals surface area contributed by atoms with Crippen LogP contribution < -0.4 is 10.6 Å². The molecule has 0 aliphatic rings. The lowest BCUT2D eigenvalue weighted by molar-refractivity contribution is -0.139. The number of carbonyl (C=O) groups excluding carboxylic acids is 1. The van der Waals surface area contributed by atoms with Crippen molar-refractivity contribution in [1.29, 1.82) is 0 Å². The van der Waals surface area contributed by atoms with Crippen LogP contribution in [0, 0.1) is 5.92 Å². The summed E-state index contributed by atoms with van der Waals surface area (Å²) in [6, 6.07) is -1.30. The first kappa shape index (κ1) is 15.4. The summed E-state index contributed by atoms with van der Waals surface area (Å²) in [5.41, 5.74) is 2.65. The molecular formula is C12H19N3O3S. The molecule has 0 fully saturated rings. The van der Waals surface area contributed by atoms with Crippen LogP contribution in [0.2, 0.25) is 0 Å². The van der Waals surface area contributed by atoms with Crippen molar-refractivity contribution >= 4 is 23.3 Å². The second kappa shape index (κ2) is 7.73. The summed E-state index contributed by atoms with van der Waals surface area (Å²) < 4.78 is 0. The van der Waals surface area contributed by atoms with E-state index in [0.717, 1.165) is 5.69 Å². The standard InChI is InChI=1S/C12H19N3O3S/c1-8(2)5-10(11(16)17)15-12(18)13-4-3-9-6-19-7-14-9/h6-8,10H,3-5H2,1-2H3,(H,16,17)(H2,13,15,18)/t10-/m1/s1. The van der Waals surface area contributed by atoms with Gasteiger partial charge in [0.05, 0.1) is 11.2 Å². The molecule has 0 aromatic carbocycles. The zero-order chi connectivity index (χ0) is 14.3. The monoisotopic (exact) mass is 285 g/mol. The lowest BCUT2D eigenvalue weighted by Crippen LogP contribution is -2.47. The number of amides is 2. The molecule has 19 heavy (non-hydrogen) atoms. The quantitative estimate of drug-likeness (QED) is 0.707. The summed E-state index contributed by atoms with van der Waals surface area (Å²) in [6.07, 6.45) is 1.05. The van der Waals surface area contributed by atoms with Gasteiger partial charge in [-0.3, -0.25) is 0 Å². The van der Waals surface area contributed by atoms with Gasteiger partial charge < -0.3 is 15.7 Å². The van der Waals surface area contributed by atoms with E-state index < -0.39 is 18.0 Å². The summed E-state index contributed by atoms with van der Waals surface area (Å²) in [7, 11) is 0. The maximum Gasteiger partial charge on any atom is 0.326 e. The van der Waals surface area contributed by atoms with Gasteiger partial charge in [0.15, 0.2) is 0 Å². The van der Waals surface area contributed by atoms with Crippen LogP contribution in [0.15, 0.2) is 10.9 Å². The van der Waals surface area contributed by atoms with Crippen LogP contribution in [0.1, 0.15) is 26.0 Å². The molecule has 0 spiro atoms. The van der Waals surface area contributed by atoms with Gasteiger partial charge in [-0.2, -0.15) is 0 Å². The molecule has 2 amide bonds. The van der Waals surface area contributed by atoms with Gasteiger partial charge >= 0.3 is 12.0 Å². The minimum absolute atomic E-state index is 0.205. The largest absolute Gasteiger partial charge is 0.480 e. The second-order valence-corrected chi connectivity index (χ2v) is 5.37. The third-order valence-electron chi connectivity index (χ3n) is 2.46. The third-order valence-corrected chi connectivity index (χ3v) is 3.10. The maximum atomic E-state index is 11.6. The summed E-state index contributed by atoms with van der Waals surface area (Å²) in [6.45, 7) is 4.26. The minimum atomic E-state index is -1.01. The topological polar surface area (TPSA) is 91.3 Å². The summed E-state index contributed by atoms with van der Waals surface area (Å²) in [4.78, 5) is 26.6. The number of nitrogens with one attached hydrogen (secondary N) is 2. The van der Waals surface area contributed by atoms with Gasteiger partial charge in [0.1, 0.15) is 6.04 Å². The van der Waals surface area contributed by atoms with Crippen molar-refractivity contribution in [3.05, 3.63) is 16.6 Å². The first-order valence-electron chi connectivity index (χ1n) is 6.13. The Hall–Kier alpha value is -1.63. The van der Waals surface area contributed by atoms with Crippen LogP contribution in [0.5, 0.6) is 0 Å². The second-order valence-electron chi connectivity index (χ2n) is 4.65. The van der Waals surface area contributed by atoms with E-state index in [1.807, 2.05) is 19.2 Å². The molecule has 6 nitrogen and oxygen atoms in total. The van der Waals surface area contributed by atoms with Crippen LogP contribution in [0.4, 0.5) is 4.79 Å². The van der Waals surface area contributed by atoms with E-state index >= 15 is 0 Å². The summed E-state index contributed by atoms with van der Waals surface area (Å²) in [5, 5.41) is 16.0. The van der Waals surface area contributed by atoms with Gasteiger partial charge in [-0.25, -0.2) is 14.6 Å². The number of urea groups is 1. The van der Waals surface area contributed by atoms with Crippen LogP contribution >= 0.6 is 11.3 Å². The number of thiazole rings is 1. The number of aliphatic carboxylic acids is 1. The molecule has 7 heteroatoms. The highest BCUT2D eigenvalue weighted by Crippen LogP contribution is 2.05. The molecule has 0 saturated heterocycles. The van der Waals surface area contributed by atoms with Gasteiger partial charge in [0.25, 0.3) is 0 Å². The Balaban J connectivity index is 2.30. The molecule has 1 atom stereocenters. The van der Waals surface area contributed by atoms with Crippen molar-refractivity contribution in [3.63, 3.8) is 0 Å². The number of hydrogen-bond donors (Lipinski definition) is 3. The fourth-order valence-electron chi connectivity index (χ4n) is 1.57. The smallest absolute Gasteiger partial charge is 0.326 e. The van der Waals surface area contributed by atoms with E-state index in [-0.39, 0.29) is 5.92 Å². The number of aromatic nitrogens is 1. The Kier molecular flexibility index (Phi) is 6.27. The molecule has 3 N–H and O–H groups in total. The lowest BCUT2D eigenvalue weighted by atomic mass is 10.0. The first-order valence-corrected chi connectivity index (χ1v) is 7.07. The maximum absolute atomic E-state index is 11.6. The highest BCUT2D eigenvalue weighted by molar-refractivity contribution is 7.07. The van der Waals surface area contributed by atoms with E-state index in [0.29, 0.717) is 19.4 Å². The summed E-state index contributed by atoms with van der Waals surface area (Å²) >= 11 is 1.50. The molecule has 0 aliphatic heterocycles. The van der Waals surface area contributed by atoms with Crippen molar-refractivity contribution in [3.8, 4) is 0 Å². The van der Waals surface area contributed by atoms with Gasteiger partial charge in [-0.15, -0.1) is 11.3 Å². The third kappa shape index (κ3) is 6.19. The molecule has 1 aromatic heterocycles. The Morgan fingerprint density at radius 1 is 1.47 bits per heavy atom. The van der Waals surface area contributed by atoms with E-state index in [9.17, 15) is 9.59 Å². The Morgan fingerprint density at radius 2 is 2.21 bits per heavy atom. The van der Waals surface area contributed by atoms with Crippen molar-refractivity contribution < 1.29 is 14.7 Å². The highest BCUT2D eigenvalue weighted by Gasteiger charge is 2.20. The average Bonchev–Trinajstić information content (AvgIpc) is 2.80. The van der Waals surface area contributed by atoms with Gasteiger partial charge in [-0.05, 0) is 12.3 Å². The predicted octanol–water partition coefficient (Wildman–Crippen LogP) is 1.48. The Labute approximate surface area is 116 Å². The van der Waals surface area contributed by atoms with Gasteiger partial charge in [0, 0.05) is 18.3 Å². The van der Waals surface area contributed by atoms with Crippen LogP contribution in [-0.2, 0) is 11.2 Å². The van der Waals surface area contributed by atoms with E-state index in [1.54, 1.807) is 5.51 Å². The predicted molar refractivity (Wildman–Crippen MR) is 73.2 cm³/mol. The molecule has 0 unspecified atom stereocenters. The highest BCUT2D eigenvalue weighted by atomic mass is 32.1. The van der Waals surface area contributed by atoms with Gasteiger partial charge in [0.2, 0.25) is 0 Å². The van der Waals surface area contributed by atoms with Crippen LogP contribution in [0.3, 0.4) is 0 Å². The first-order chi connectivity index (χ1) is 8.99. The molecular weight excluding hydrogens is 266 g/mol. The van der Waals surface area contributed by atoms with Gasteiger partial charge in [-0.1, -0.05) is 13.8 Å². The Bertz CT molecular complexity index is 406. The normalized spacial score (nSPS) is 12.2. The number of nitrogens with zero attached hydrogens (tertiary/aromatic N) is 1. The summed E-state index contributed by atoms with van der Waals surface area (Å²) in [5.74, 6) is -0.806. The average molecular weight is 285 g/mol. The molecule has 1 aromatic rings. The number of hydrogen-bond acceptors (Lipinski definition) is 4. The number of carboxylic acid groups (broad SMARTS) is 1. The lowest BCUT2D eigenvalue weighted by Gasteiger charge is -2.16. The minimum Gasteiger partial charge on any atom is -0.480 e. The van der Waals surface area contributed by atoms with Crippen molar-refractivity contribution in [2.24, 2.45) is 5.92 Å². The molecule has 1 rings (SSSR count). The SMILES string of the molecule is CC(C)C[C@@H](NC(=O)NCCc1cscn1)C(=O)O.